The zero-order chi connectivity index (χ0) is 24.7. The van der Waals surface area contributed by atoms with Gasteiger partial charge in [0.15, 0.2) is 0 Å². The molecule has 8 heteroatoms. The van der Waals surface area contributed by atoms with Gasteiger partial charge < -0.3 is 14.2 Å². The first-order valence-corrected chi connectivity index (χ1v) is 12.2. The summed E-state index contributed by atoms with van der Waals surface area (Å²) < 4.78 is 11.3. The van der Waals surface area contributed by atoms with Crippen molar-refractivity contribution in [3.05, 3.63) is 75.5 Å². The molecule has 0 N–H and O–H groups in total. The number of amides is 2. The van der Waals surface area contributed by atoms with Crippen LogP contribution < -0.4 is 0 Å². The summed E-state index contributed by atoms with van der Waals surface area (Å²) in [6.07, 6.45) is 0.874. The maximum absolute atomic E-state index is 13.5. The predicted octanol–water partition coefficient (Wildman–Crippen LogP) is 5.55. The Hall–Kier alpha value is -3.32. The Labute approximate surface area is 209 Å². The molecule has 0 saturated carbocycles. The summed E-state index contributed by atoms with van der Waals surface area (Å²) in [4.78, 5) is 29.7. The molecule has 2 saturated heterocycles. The predicted molar refractivity (Wildman–Crippen MR) is 132 cm³/mol. The van der Waals surface area contributed by atoms with Gasteiger partial charge in [-0.25, -0.2) is 4.79 Å². The quantitative estimate of drug-likeness (QED) is 0.476. The van der Waals surface area contributed by atoms with Gasteiger partial charge in [0.2, 0.25) is 0 Å². The van der Waals surface area contributed by atoms with Crippen LogP contribution in [-0.4, -0.2) is 52.2 Å². The minimum atomic E-state index is -0.567. The van der Waals surface area contributed by atoms with Crippen LogP contribution >= 0.6 is 11.6 Å². The number of hydrogen-bond acceptors (Lipinski definition) is 5. The van der Waals surface area contributed by atoms with E-state index in [0.29, 0.717) is 66.6 Å². The molecule has 2 amide bonds. The molecule has 2 aromatic carbocycles. The Morgan fingerprint density at radius 1 is 1.09 bits per heavy atom. The number of nitrogens with zero attached hydrogens (tertiary/aromatic N) is 3. The van der Waals surface area contributed by atoms with Crippen LogP contribution in [0.4, 0.5) is 4.79 Å². The zero-order valence-electron chi connectivity index (χ0n) is 20.1. The van der Waals surface area contributed by atoms with Crippen molar-refractivity contribution in [1.29, 1.82) is 0 Å². The van der Waals surface area contributed by atoms with Gasteiger partial charge in [-0.15, -0.1) is 0 Å². The molecule has 7 nitrogen and oxygen atoms in total. The zero-order valence-corrected chi connectivity index (χ0v) is 20.9. The molecule has 5 rings (SSSR count). The van der Waals surface area contributed by atoms with Crippen molar-refractivity contribution in [2.24, 2.45) is 0 Å². The second-order valence-electron chi connectivity index (χ2n) is 9.64. The first-order valence-electron chi connectivity index (χ1n) is 11.8. The smallest absolute Gasteiger partial charge is 0.410 e. The molecule has 2 fully saturated rings. The van der Waals surface area contributed by atoms with Crippen molar-refractivity contribution < 1.29 is 18.8 Å². The van der Waals surface area contributed by atoms with Crippen LogP contribution in [0, 0.1) is 20.8 Å². The summed E-state index contributed by atoms with van der Waals surface area (Å²) in [5, 5.41) is 4.63. The van der Waals surface area contributed by atoms with Gasteiger partial charge in [0.05, 0.1) is 11.6 Å². The molecule has 0 bridgehead atoms. The van der Waals surface area contributed by atoms with Crippen LogP contribution in [-0.2, 0) is 11.3 Å². The van der Waals surface area contributed by atoms with E-state index in [1.165, 1.54) is 11.1 Å². The fraction of sp³-hybridized carbons (Fsp3) is 0.370. The van der Waals surface area contributed by atoms with E-state index < -0.39 is 5.60 Å². The molecule has 35 heavy (non-hydrogen) atoms. The summed E-state index contributed by atoms with van der Waals surface area (Å²) in [5.74, 6) is 0.307. The lowest BCUT2D eigenvalue weighted by Crippen LogP contribution is -2.48. The number of halogens is 1. The third-order valence-corrected chi connectivity index (χ3v) is 7.19. The molecule has 1 aromatic heterocycles. The highest BCUT2D eigenvalue weighted by Crippen LogP contribution is 2.36. The average molecular weight is 494 g/mol. The van der Waals surface area contributed by atoms with Crippen LogP contribution in [0.25, 0.3) is 11.3 Å². The van der Waals surface area contributed by atoms with Crippen LogP contribution in [0.2, 0.25) is 5.02 Å². The molecule has 182 valence electrons. The van der Waals surface area contributed by atoms with E-state index >= 15 is 0 Å². The Bertz CT molecular complexity index is 1270. The average Bonchev–Trinajstić information content (AvgIpc) is 3.33. The molecule has 3 aromatic rings. The third-order valence-electron chi connectivity index (χ3n) is 6.86. The molecule has 0 aliphatic carbocycles. The first kappa shape index (κ1) is 23.4. The minimum absolute atomic E-state index is 0.148. The number of hydrogen-bond donors (Lipinski definition) is 0. The number of carbonyl (C=O) groups excluding carboxylic acids is 2. The third kappa shape index (κ3) is 4.52. The number of carbonyl (C=O) groups is 2. The normalized spacial score (nSPS) is 17.2. The van der Waals surface area contributed by atoms with Gasteiger partial charge in [0.25, 0.3) is 5.91 Å². The maximum Gasteiger partial charge on any atom is 0.410 e. The second-order valence-corrected chi connectivity index (χ2v) is 10.0. The van der Waals surface area contributed by atoms with Crippen molar-refractivity contribution in [3.63, 3.8) is 0 Å². The van der Waals surface area contributed by atoms with E-state index in [1.54, 1.807) is 22.8 Å². The van der Waals surface area contributed by atoms with Gasteiger partial charge in [-0.05, 0) is 32.4 Å². The Morgan fingerprint density at radius 3 is 2.46 bits per heavy atom. The number of aromatic nitrogens is 1. The van der Waals surface area contributed by atoms with E-state index in [1.807, 2.05) is 18.2 Å². The topological polar surface area (TPSA) is 75.9 Å². The van der Waals surface area contributed by atoms with Crippen LogP contribution in [0.15, 0.2) is 47.0 Å². The lowest BCUT2D eigenvalue weighted by molar-refractivity contribution is 0.00311. The Morgan fingerprint density at radius 2 is 1.77 bits per heavy atom. The highest BCUT2D eigenvalue weighted by Gasteiger charge is 2.47. The van der Waals surface area contributed by atoms with E-state index in [2.05, 4.69) is 37.2 Å². The van der Waals surface area contributed by atoms with Gasteiger partial charge in [-0.3, -0.25) is 9.69 Å². The summed E-state index contributed by atoms with van der Waals surface area (Å²) >= 11 is 6.36. The van der Waals surface area contributed by atoms with Gasteiger partial charge in [0.1, 0.15) is 22.6 Å². The first-order chi connectivity index (χ1) is 16.7. The number of piperidine rings is 1. The molecular formula is C27H28ClN3O4. The van der Waals surface area contributed by atoms with Crippen molar-refractivity contribution >= 4 is 23.6 Å². The minimum Gasteiger partial charge on any atom is -0.441 e. The second kappa shape index (κ2) is 9.04. The largest absolute Gasteiger partial charge is 0.441 e. The Balaban J connectivity index is 1.28. The van der Waals surface area contributed by atoms with E-state index in [9.17, 15) is 9.59 Å². The van der Waals surface area contributed by atoms with E-state index in [0.717, 1.165) is 5.56 Å². The lowest BCUT2D eigenvalue weighted by atomic mass is 9.90. The molecule has 2 aliphatic rings. The number of rotatable bonds is 4. The number of benzene rings is 2. The van der Waals surface area contributed by atoms with Gasteiger partial charge >= 0.3 is 6.09 Å². The molecule has 0 radical (unpaired) electrons. The summed E-state index contributed by atoms with van der Waals surface area (Å²) in [6.45, 7) is 7.86. The summed E-state index contributed by atoms with van der Waals surface area (Å²) in [5.41, 5.74) is 4.42. The number of aryl methyl sites for hydroxylation is 3. The summed E-state index contributed by atoms with van der Waals surface area (Å²) in [7, 11) is 0. The van der Waals surface area contributed by atoms with Crippen LogP contribution in [0.3, 0.4) is 0 Å². The van der Waals surface area contributed by atoms with Crippen molar-refractivity contribution in [3.8, 4) is 11.3 Å². The maximum atomic E-state index is 13.5. The van der Waals surface area contributed by atoms with Gasteiger partial charge in [0, 0.05) is 38.0 Å². The number of likely N-dealkylation sites (tertiary alicyclic amines) is 1. The van der Waals surface area contributed by atoms with Crippen molar-refractivity contribution in [1.82, 2.24) is 15.0 Å². The molecular weight excluding hydrogens is 466 g/mol. The van der Waals surface area contributed by atoms with Gasteiger partial charge in [-0.2, -0.15) is 0 Å². The van der Waals surface area contributed by atoms with Crippen molar-refractivity contribution in [2.75, 3.05) is 19.6 Å². The molecule has 3 heterocycles. The lowest BCUT2D eigenvalue weighted by Gasteiger charge is -2.37. The van der Waals surface area contributed by atoms with E-state index in [4.69, 9.17) is 20.9 Å². The van der Waals surface area contributed by atoms with E-state index in [-0.39, 0.29) is 12.0 Å². The van der Waals surface area contributed by atoms with Crippen LogP contribution in [0.5, 0.6) is 0 Å². The monoisotopic (exact) mass is 493 g/mol. The highest BCUT2D eigenvalue weighted by molar-refractivity contribution is 6.33. The SMILES string of the molecule is Cc1cc(C)cc(CN2CC3(CCN(C(=O)c4c(-c5ccccc5Cl)noc4C)CC3)OC2=O)c1. The molecule has 0 atom stereocenters. The molecule has 0 unspecified atom stereocenters. The van der Waals surface area contributed by atoms with Gasteiger partial charge in [-0.1, -0.05) is 64.3 Å². The van der Waals surface area contributed by atoms with Crippen molar-refractivity contribution in [2.45, 2.75) is 45.8 Å². The molecule has 1 spiro atoms. The number of ether oxygens (including phenoxy) is 1. The fourth-order valence-corrected chi connectivity index (χ4v) is 5.42. The Kier molecular flexibility index (Phi) is 6.05. The molecule has 2 aliphatic heterocycles. The van der Waals surface area contributed by atoms with Crippen LogP contribution in [0.1, 0.15) is 45.7 Å². The highest BCUT2D eigenvalue weighted by atomic mass is 35.5. The fourth-order valence-electron chi connectivity index (χ4n) is 5.19. The standard InChI is InChI=1S/C27H28ClN3O4/c1-17-12-18(2)14-20(13-17)15-31-16-27(34-26(31)33)8-10-30(11-9-27)25(32)23-19(3)35-29-24(23)21-6-4-5-7-22(21)28/h4-7,12-14H,8-11,15-16H2,1-3H3. The summed E-state index contributed by atoms with van der Waals surface area (Å²) in [6, 6.07) is 13.6.